The van der Waals surface area contributed by atoms with Crippen LogP contribution in [-0.4, -0.2) is 12.5 Å². The molecule has 70 valence electrons. The molecule has 0 saturated heterocycles. The molecule has 0 unspecified atom stereocenters. The molecule has 5 heteroatoms. The molecule has 0 aliphatic rings. The second-order valence-electron chi connectivity index (χ2n) is 2.14. The summed E-state index contributed by atoms with van der Waals surface area (Å²) in [6.45, 7) is 0. The number of methoxy groups -OCH3 is 1. The molecule has 3 nitrogen and oxygen atoms in total. The van der Waals surface area contributed by atoms with E-state index in [4.69, 9.17) is 16.3 Å². The van der Waals surface area contributed by atoms with Crippen molar-refractivity contribution >= 4 is 33.0 Å². The van der Waals surface area contributed by atoms with E-state index in [0.717, 1.165) is 0 Å². The van der Waals surface area contributed by atoms with Crippen molar-refractivity contribution < 1.29 is 14.3 Å². The summed E-state index contributed by atoms with van der Waals surface area (Å²) in [5, 5.41) is 0. The minimum absolute atomic E-state index is 0.333. The lowest BCUT2D eigenvalue weighted by Crippen LogP contribution is -1.97. The molecule has 0 N–H and O–H groups in total. The number of halogens is 2. The molecule has 1 rings (SSSR count). The molecule has 1 aromatic carbocycles. The predicted molar refractivity (Wildman–Crippen MR) is 52.6 cm³/mol. The maximum absolute atomic E-state index is 10.4. The lowest BCUT2D eigenvalue weighted by molar-refractivity contribution is 0.225. The van der Waals surface area contributed by atoms with E-state index in [1.165, 1.54) is 7.11 Å². The topological polar surface area (TPSA) is 35.5 Å². The van der Waals surface area contributed by atoms with Crippen LogP contribution in [0.1, 0.15) is 0 Å². The Morgan fingerprint density at radius 1 is 1.54 bits per heavy atom. The Balaban J connectivity index is 2.96. The lowest BCUT2D eigenvalue weighted by Gasteiger charge is -2.05. The van der Waals surface area contributed by atoms with E-state index in [1.54, 1.807) is 18.2 Å². The monoisotopic (exact) mass is 264 g/mol. The molecule has 13 heavy (non-hydrogen) atoms. The summed E-state index contributed by atoms with van der Waals surface area (Å²) in [4.78, 5) is 10.4. The third kappa shape index (κ3) is 2.90. The molecule has 0 radical (unpaired) electrons. The molecule has 0 atom stereocenters. The van der Waals surface area contributed by atoms with Crippen molar-refractivity contribution in [2.75, 3.05) is 7.11 Å². The zero-order chi connectivity index (χ0) is 9.84. The van der Waals surface area contributed by atoms with Gasteiger partial charge in [0, 0.05) is 17.7 Å². The molecule has 0 aromatic heterocycles. The first kappa shape index (κ1) is 10.3. The van der Waals surface area contributed by atoms with E-state index in [9.17, 15) is 4.79 Å². The summed E-state index contributed by atoms with van der Waals surface area (Å²) in [5.41, 5.74) is -0.881. The second kappa shape index (κ2) is 4.48. The van der Waals surface area contributed by atoms with Gasteiger partial charge in [-0.1, -0.05) is 0 Å². The first-order valence-electron chi connectivity index (χ1n) is 3.34. The van der Waals surface area contributed by atoms with Gasteiger partial charge in [0.15, 0.2) is 0 Å². The molecule has 0 aliphatic heterocycles. The molecule has 0 spiro atoms. The van der Waals surface area contributed by atoms with Crippen LogP contribution in [0, 0.1) is 0 Å². The van der Waals surface area contributed by atoms with Crippen molar-refractivity contribution in [3.63, 3.8) is 0 Å². The van der Waals surface area contributed by atoms with E-state index < -0.39 is 5.43 Å². The predicted octanol–water partition coefficient (Wildman–Crippen LogP) is 3.20. The minimum atomic E-state index is -0.881. The number of ether oxygens (including phenoxy) is 2. The highest BCUT2D eigenvalue weighted by Gasteiger charge is 2.06. The van der Waals surface area contributed by atoms with Crippen LogP contribution in [0.15, 0.2) is 22.7 Å². The van der Waals surface area contributed by atoms with Crippen LogP contribution >= 0.6 is 27.5 Å². The molecule has 0 amide bonds. The van der Waals surface area contributed by atoms with Crippen LogP contribution < -0.4 is 9.47 Å². The van der Waals surface area contributed by atoms with Gasteiger partial charge < -0.3 is 9.47 Å². The normalized spacial score (nSPS) is 9.46. The van der Waals surface area contributed by atoms with E-state index >= 15 is 0 Å². The molecule has 0 saturated carbocycles. The highest BCUT2D eigenvalue weighted by molar-refractivity contribution is 9.10. The first-order chi connectivity index (χ1) is 6.13. The average molecular weight is 265 g/mol. The zero-order valence-corrected chi connectivity index (χ0v) is 9.05. The van der Waals surface area contributed by atoms with E-state index in [1.807, 2.05) is 0 Å². The maximum Gasteiger partial charge on any atom is 0.409 e. The smallest absolute Gasteiger partial charge is 0.409 e. The van der Waals surface area contributed by atoms with Crippen LogP contribution in [-0.2, 0) is 0 Å². The highest BCUT2D eigenvalue weighted by Crippen LogP contribution is 2.29. The van der Waals surface area contributed by atoms with Gasteiger partial charge in [-0.3, -0.25) is 0 Å². The van der Waals surface area contributed by atoms with Gasteiger partial charge in [0.25, 0.3) is 0 Å². The largest absolute Gasteiger partial charge is 0.497 e. The van der Waals surface area contributed by atoms with Crippen LogP contribution in [0.3, 0.4) is 0 Å². The number of carbonyl (C=O) groups is 1. The van der Waals surface area contributed by atoms with Gasteiger partial charge in [-0.2, -0.15) is 0 Å². The van der Waals surface area contributed by atoms with Crippen molar-refractivity contribution in [3.05, 3.63) is 22.7 Å². The molecule has 0 fully saturated rings. The van der Waals surface area contributed by atoms with E-state index in [-0.39, 0.29) is 0 Å². The molecular weight excluding hydrogens is 259 g/mol. The number of hydrogen-bond acceptors (Lipinski definition) is 3. The zero-order valence-electron chi connectivity index (χ0n) is 6.71. The Bertz CT molecular complexity index is 327. The SMILES string of the molecule is COc1ccc(Br)c(OC(=O)Cl)c1. The molecule has 0 bridgehead atoms. The quantitative estimate of drug-likeness (QED) is 0.770. The molecule has 0 aliphatic carbocycles. The Hall–Kier alpha value is -0.740. The average Bonchev–Trinajstić information content (AvgIpc) is 2.08. The Kier molecular flexibility index (Phi) is 3.57. The van der Waals surface area contributed by atoms with Gasteiger partial charge in [-0.05, 0) is 28.1 Å². The van der Waals surface area contributed by atoms with Gasteiger partial charge in [-0.15, -0.1) is 0 Å². The summed E-state index contributed by atoms with van der Waals surface area (Å²) in [7, 11) is 1.52. The van der Waals surface area contributed by atoms with Crippen molar-refractivity contribution in [3.8, 4) is 11.5 Å². The van der Waals surface area contributed by atoms with E-state index in [2.05, 4.69) is 20.7 Å². The summed E-state index contributed by atoms with van der Waals surface area (Å²) in [5.74, 6) is 0.926. The van der Waals surface area contributed by atoms with Crippen molar-refractivity contribution in [1.82, 2.24) is 0 Å². The fourth-order valence-corrected chi connectivity index (χ4v) is 1.19. The standard InChI is InChI=1S/C8H6BrClO3/c1-12-5-2-3-6(9)7(4-5)13-8(10)11/h2-4H,1H3. The fraction of sp³-hybridized carbons (Fsp3) is 0.125. The fourth-order valence-electron chi connectivity index (χ4n) is 0.775. The summed E-state index contributed by atoms with van der Waals surface area (Å²) < 4.78 is 10.3. The number of carbonyl (C=O) groups excluding carboxylic acids is 1. The molecule has 0 heterocycles. The van der Waals surface area contributed by atoms with Gasteiger partial charge >= 0.3 is 5.43 Å². The number of hydrogen-bond donors (Lipinski definition) is 0. The summed E-state index contributed by atoms with van der Waals surface area (Å²) in [6.07, 6.45) is 0. The van der Waals surface area contributed by atoms with Crippen LogP contribution in [0.25, 0.3) is 0 Å². The Morgan fingerprint density at radius 2 is 2.23 bits per heavy atom. The van der Waals surface area contributed by atoms with Crippen molar-refractivity contribution in [2.45, 2.75) is 0 Å². The van der Waals surface area contributed by atoms with Crippen LogP contribution in [0.5, 0.6) is 11.5 Å². The summed E-state index contributed by atoms with van der Waals surface area (Å²) >= 11 is 8.25. The lowest BCUT2D eigenvalue weighted by atomic mass is 10.3. The van der Waals surface area contributed by atoms with E-state index in [0.29, 0.717) is 16.0 Å². The number of benzene rings is 1. The highest BCUT2D eigenvalue weighted by atomic mass is 79.9. The third-order valence-corrected chi connectivity index (χ3v) is 2.06. The van der Waals surface area contributed by atoms with Crippen molar-refractivity contribution in [2.24, 2.45) is 0 Å². The molecular formula is C8H6BrClO3. The van der Waals surface area contributed by atoms with Gasteiger partial charge in [0.2, 0.25) is 0 Å². The second-order valence-corrected chi connectivity index (χ2v) is 3.30. The van der Waals surface area contributed by atoms with Crippen molar-refractivity contribution in [1.29, 1.82) is 0 Å². The Labute approximate surface area is 88.7 Å². The van der Waals surface area contributed by atoms with Gasteiger partial charge in [-0.25, -0.2) is 4.79 Å². The van der Waals surface area contributed by atoms with Gasteiger partial charge in [0.05, 0.1) is 11.6 Å². The Morgan fingerprint density at radius 3 is 2.77 bits per heavy atom. The number of rotatable bonds is 2. The first-order valence-corrected chi connectivity index (χ1v) is 4.51. The van der Waals surface area contributed by atoms with Gasteiger partial charge in [0.1, 0.15) is 11.5 Å². The maximum atomic E-state index is 10.4. The van der Waals surface area contributed by atoms with Crippen LogP contribution in [0.4, 0.5) is 4.79 Å². The minimum Gasteiger partial charge on any atom is -0.497 e. The third-order valence-electron chi connectivity index (χ3n) is 1.33. The van der Waals surface area contributed by atoms with Crippen LogP contribution in [0.2, 0.25) is 0 Å². The summed E-state index contributed by atoms with van der Waals surface area (Å²) in [6, 6.07) is 4.99. The molecule has 1 aromatic rings.